The molecule has 16 heavy (non-hydrogen) atoms. The molecule has 2 aromatic heterocycles. The van der Waals surface area contributed by atoms with Crippen molar-refractivity contribution < 1.29 is 4.42 Å². The minimum atomic E-state index is 0.352. The van der Waals surface area contributed by atoms with Crippen molar-refractivity contribution in [3.63, 3.8) is 0 Å². The molecule has 5 nitrogen and oxygen atoms in total. The molecule has 0 spiro atoms. The maximum absolute atomic E-state index is 5.32. The fraction of sp³-hybridized carbons (Fsp3) is 0.455. The fourth-order valence-electron chi connectivity index (χ4n) is 1.54. The van der Waals surface area contributed by atoms with Crippen LogP contribution in [0.15, 0.2) is 22.9 Å². The molecule has 0 bridgehead atoms. The summed E-state index contributed by atoms with van der Waals surface area (Å²) in [4.78, 5) is 0. The second-order valence-corrected chi connectivity index (χ2v) is 3.84. The normalized spacial score (nSPS) is 12.9. The van der Waals surface area contributed by atoms with Crippen molar-refractivity contribution in [1.29, 1.82) is 0 Å². The van der Waals surface area contributed by atoms with Crippen molar-refractivity contribution >= 4 is 0 Å². The molecule has 1 N–H and O–H groups in total. The minimum Gasteiger partial charge on any atom is -0.424 e. The van der Waals surface area contributed by atoms with E-state index >= 15 is 0 Å². The van der Waals surface area contributed by atoms with Crippen LogP contribution in [0.3, 0.4) is 0 Å². The molecule has 0 aliphatic carbocycles. The van der Waals surface area contributed by atoms with Crippen LogP contribution in [0, 0.1) is 6.92 Å². The van der Waals surface area contributed by atoms with Gasteiger partial charge in [0.15, 0.2) is 0 Å². The van der Waals surface area contributed by atoms with Gasteiger partial charge in [0.2, 0.25) is 11.8 Å². The summed E-state index contributed by atoms with van der Waals surface area (Å²) in [6.45, 7) is 4.54. The second kappa shape index (κ2) is 4.49. The number of hydrogen-bond donors (Lipinski definition) is 1. The van der Waals surface area contributed by atoms with E-state index in [0.717, 1.165) is 0 Å². The smallest absolute Gasteiger partial charge is 0.236 e. The fourth-order valence-corrected chi connectivity index (χ4v) is 1.54. The van der Waals surface area contributed by atoms with E-state index in [1.165, 1.54) is 5.56 Å². The Bertz CT molecular complexity index is 460. The van der Waals surface area contributed by atoms with Gasteiger partial charge in [-0.2, -0.15) is 0 Å². The lowest BCUT2D eigenvalue weighted by molar-refractivity contribution is 0.454. The predicted molar refractivity (Wildman–Crippen MR) is 60.0 cm³/mol. The van der Waals surface area contributed by atoms with Gasteiger partial charge in [-0.1, -0.05) is 0 Å². The summed E-state index contributed by atoms with van der Waals surface area (Å²) in [6.07, 6.45) is 4.10. The van der Waals surface area contributed by atoms with Crippen LogP contribution in [0.2, 0.25) is 0 Å². The highest BCUT2D eigenvalue weighted by molar-refractivity contribution is 5.14. The SMILES string of the molecule is CNC(C)c1ccn(Cc2nnc(C)o2)c1. The van der Waals surface area contributed by atoms with Crippen LogP contribution in [-0.4, -0.2) is 21.8 Å². The number of nitrogens with one attached hydrogen (secondary N) is 1. The number of rotatable bonds is 4. The van der Waals surface area contributed by atoms with Gasteiger partial charge < -0.3 is 14.3 Å². The topological polar surface area (TPSA) is 55.9 Å². The summed E-state index contributed by atoms with van der Waals surface area (Å²) in [7, 11) is 1.95. The van der Waals surface area contributed by atoms with Crippen LogP contribution >= 0.6 is 0 Å². The summed E-state index contributed by atoms with van der Waals surface area (Å²) in [6, 6.07) is 2.44. The van der Waals surface area contributed by atoms with E-state index in [9.17, 15) is 0 Å². The average molecular weight is 220 g/mol. The van der Waals surface area contributed by atoms with Gasteiger partial charge in [-0.25, -0.2) is 0 Å². The second-order valence-electron chi connectivity index (χ2n) is 3.84. The maximum Gasteiger partial charge on any atom is 0.236 e. The summed E-state index contributed by atoms with van der Waals surface area (Å²) in [5, 5.41) is 11.0. The summed E-state index contributed by atoms with van der Waals surface area (Å²) < 4.78 is 7.36. The van der Waals surface area contributed by atoms with Gasteiger partial charge in [0, 0.05) is 25.4 Å². The van der Waals surface area contributed by atoms with E-state index in [-0.39, 0.29) is 0 Å². The molecule has 0 aromatic carbocycles. The first-order chi connectivity index (χ1) is 7.69. The molecule has 0 saturated carbocycles. The molecule has 0 radical (unpaired) electrons. The van der Waals surface area contributed by atoms with Gasteiger partial charge in [0.1, 0.15) is 6.54 Å². The summed E-state index contributed by atoms with van der Waals surface area (Å²) in [5.74, 6) is 1.24. The quantitative estimate of drug-likeness (QED) is 0.848. The van der Waals surface area contributed by atoms with Crippen molar-refractivity contribution in [3.05, 3.63) is 35.8 Å². The number of aromatic nitrogens is 3. The molecule has 0 amide bonds. The maximum atomic E-state index is 5.32. The zero-order valence-electron chi connectivity index (χ0n) is 9.77. The third-order valence-corrected chi connectivity index (χ3v) is 2.59. The highest BCUT2D eigenvalue weighted by Crippen LogP contribution is 2.12. The molecular weight excluding hydrogens is 204 g/mol. The van der Waals surface area contributed by atoms with Crippen LogP contribution in [0.5, 0.6) is 0 Å². The monoisotopic (exact) mass is 220 g/mol. The van der Waals surface area contributed by atoms with Crippen molar-refractivity contribution in [1.82, 2.24) is 20.1 Å². The van der Waals surface area contributed by atoms with Gasteiger partial charge >= 0.3 is 0 Å². The summed E-state index contributed by atoms with van der Waals surface area (Å²) in [5.41, 5.74) is 1.25. The molecule has 2 aromatic rings. The molecule has 1 unspecified atom stereocenters. The molecule has 2 heterocycles. The predicted octanol–water partition coefficient (Wildman–Crippen LogP) is 1.51. The third kappa shape index (κ3) is 2.30. The molecule has 1 atom stereocenters. The number of aryl methyl sites for hydroxylation is 1. The molecule has 86 valence electrons. The van der Waals surface area contributed by atoms with Gasteiger partial charge in [0.25, 0.3) is 0 Å². The van der Waals surface area contributed by atoms with Crippen molar-refractivity contribution in [2.24, 2.45) is 0 Å². The van der Waals surface area contributed by atoms with Crippen LogP contribution < -0.4 is 5.32 Å². The van der Waals surface area contributed by atoms with E-state index in [4.69, 9.17) is 4.42 Å². The van der Waals surface area contributed by atoms with E-state index < -0.39 is 0 Å². The Kier molecular flexibility index (Phi) is 3.05. The summed E-state index contributed by atoms with van der Waals surface area (Å²) >= 11 is 0. The highest BCUT2D eigenvalue weighted by Gasteiger charge is 2.06. The van der Waals surface area contributed by atoms with Crippen molar-refractivity contribution in [2.45, 2.75) is 26.4 Å². The first-order valence-corrected chi connectivity index (χ1v) is 5.31. The van der Waals surface area contributed by atoms with Gasteiger partial charge in [-0.15, -0.1) is 10.2 Å². The number of hydrogen-bond acceptors (Lipinski definition) is 4. The van der Waals surface area contributed by atoms with Crippen molar-refractivity contribution in [2.75, 3.05) is 7.05 Å². The Hall–Kier alpha value is -1.62. The molecule has 0 saturated heterocycles. The van der Waals surface area contributed by atoms with Crippen LogP contribution in [0.1, 0.15) is 30.3 Å². The minimum absolute atomic E-state index is 0.352. The molecule has 2 rings (SSSR count). The molecular formula is C11H16N4O. The molecule has 0 fully saturated rings. The first-order valence-electron chi connectivity index (χ1n) is 5.31. The van der Waals surface area contributed by atoms with E-state index in [0.29, 0.717) is 24.4 Å². The Morgan fingerprint density at radius 3 is 2.94 bits per heavy atom. The lowest BCUT2D eigenvalue weighted by Gasteiger charge is -2.06. The Balaban J connectivity index is 2.08. The molecule has 5 heteroatoms. The highest BCUT2D eigenvalue weighted by atomic mass is 16.4. The number of nitrogens with zero attached hydrogens (tertiary/aromatic N) is 3. The molecule has 0 aliphatic heterocycles. The zero-order chi connectivity index (χ0) is 11.5. The first kappa shape index (κ1) is 10.9. The molecule has 0 aliphatic rings. The lowest BCUT2D eigenvalue weighted by atomic mass is 10.2. The van der Waals surface area contributed by atoms with Crippen LogP contribution in [-0.2, 0) is 6.54 Å². The van der Waals surface area contributed by atoms with E-state index in [1.807, 2.05) is 17.8 Å². The third-order valence-electron chi connectivity index (χ3n) is 2.59. The van der Waals surface area contributed by atoms with Gasteiger partial charge in [-0.05, 0) is 25.6 Å². The van der Waals surface area contributed by atoms with Gasteiger partial charge in [0.05, 0.1) is 0 Å². The van der Waals surface area contributed by atoms with E-state index in [2.05, 4.69) is 34.7 Å². The van der Waals surface area contributed by atoms with E-state index in [1.54, 1.807) is 6.92 Å². The van der Waals surface area contributed by atoms with Crippen LogP contribution in [0.25, 0.3) is 0 Å². The Morgan fingerprint density at radius 1 is 1.50 bits per heavy atom. The standard InChI is InChI=1S/C11H16N4O/c1-8(12-3)10-4-5-15(6-10)7-11-14-13-9(2)16-11/h4-6,8,12H,7H2,1-3H3. The van der Waals surface area contributed by atoms with Gasteiger partial charge in [-0.3, -0.25) is 0 Å². The average Bonchev–Trinajstić information content (AvgIpc) is 2.87. The Morgan fingerprint density at radius 2 is 2.31 bits per heavy atom. The lowest BCUT2D eigenvalue weighted by Crippen LogP contribution is -2.11. The van der Waals surface area contributed by atoms with Crippen molar-refractivity contribution in [3.8, 4) is 0 Å². The largest absolute Gasteiger partial charge is 0.424 e. The zero-order valence-corrected chi connectivity index (χ0v) is 9.77. The van der Waals surface area contributed by atoms with Crippen LogP contribution in [0.4, 0.5) is 0 Å². The Labute approximate surface area is 94.5 Å².